The molecule has 114 valence electrons. The summed E-state index contributed by atoms with van der Waals surface area (Å²) >= 11 is 4.71. The van der Waals surface area contributed by atoms with E-state index in [9.17, 15) is 4.79 Å². The third-order valence-electron chi connectivity index (χ3n) is 2.55. The number of nitrogens with zero attached hydrogens (tertiary/aromatic N) is 1. The molecule has 0 unspecified atom stereocenters. The number of thiocarbonyl (C=S) groups is 1. The third-order valence-corrected chi connectivity index (χ3v) is 2.64. The van der Waals surface area contributed by atoms with Gasteiger partial charge in [-0.15, -0.1) is 0 Å². The van der Waals surface area contributed by atoms with Crippen LogP contribution in [-0.2, 0) is 4.74 Å². The van der Waals surface area contributed by atoms with Crippen molar-refractivity contribution >= 4 is 29.1 Å². The van der Waals surface area contributed by atoms with Crippen LogP contribution in [0.1, 0.15) is 25.3 Å². The number of nitrogens with two attached hydrogens (primary N) is 1. The second-order valence-electron chi connectivity index (χ2n) is 4.26. The number of amides is 1. The maximum Gasteiger partial charge on any atom is 0.407 e. The van der Waals surface area contributed by atoms with Gasteiger partial charge in [0.05, 0.1) is 0 Å². The van der Waals surface area contributed by atoms with Crippen molar-refractivity contribution in [2.45, 2.75) is 19.8 Å². The van der Waals surface area contributed by atoms with Crippen molar-refractivity contribution < 1.29 is 9.53 Å². The first-order valence-electron chi connectivity index (χ1n) is 6.71. The largest absolute Gasteiger partial charge is 0.443 e. The lowest BCUT2D eigenvalue weighted by atomic mass is 10.1. The molecule has 21 heavy (non-hydrogen) atoms. The highest BCUT2D eigenvalue weighted by atomic mass is 32.1. The minimum Gasteiger partial charge on any atom is -0.443 e. The molecule has 1 rings (SSSR count). The first kappa shape index (κ1) is 16.9. The average molecular weight is 308 g/mol. The zero-order valence-electron chi connectivity index (χ0n) is 12.0. The molecule has 1 amide bonds. The Morgan fingerprint density at radius 1 is 1.38 bits per heavy atom. The van der Waals surface area contributed by atoms with E-state index >= 15 is 0 Å². The van der Waals surface area contributed by atoms with Gasteiger partial charge in [0.2, 0.25) is 0 Å². The molecule has 6 nitrogen and oxygen atoms in total. The summed E-state index contributed by atoms with van der Waals surface area (Å²) in [6, 6.07) is 9.34. The Kier molecular flexibility index (Phi) is 7.81. The quantitative estimate of drug-likeness (QED) is 0.309. The maximum absolute atomic E-state index is 11.5. The normalized spacial score (nSPS) is 10.8. The van der Waals surface area contributed by atoms with Gasteiger partial charge < -0.3 is 15.8 Å². The van der Waals surface area contributed by atoms with Crippen molar-refractivity contribution in [1.29, 1.82) is 0 Å². The molecule has 0 spiro atoms. The molecule has 1 aromatic carbocycles. The van der Waals surface area contributed by atoms with Gasteiger partial charge in [-0.05, 0) is 18.6 Å². The fraction of sp³-hybridized carbons (Fsp3) is 0.357. The van der Waals surface area contributed by atoms with E-state index in [1.807, 2.05) is 30.3 Å². The van der Waals surface area contributed by atoms with E-state index < -0.39 is 6.09 Å². The fourth-order valence-electron chi connectivity index (χ4n) is 1.49. The van der Waals surface area contributed by atoms with Crippen LogP contribution in [0.3, 0.4) is 0 Å². The summed E-state index contributed by atoms with van der Waals surface area (Å²) in [6.07, 6.45) is 1.45. The second-order valence-corrected chi connectivity index (χ2v) is 4.70. The molecule has 0 bridgehead atoms. The number of carbonyl (C=O) groups is 1. The summed E-state index contributed by atoms with van der Waals surface area (Å²) in [7, 11) is 0. The highest BCUT2D eigenvalue weighted by Gasteiger charge is 2.08. The Bertz CT molecular complexity index is 491. The van der Waals surface area contributed by atoms with Gasteiger partial charge in [0.25, 0.3) is 0 Å². The molecule has 0 heterocycles. The van der Waals surface area contributed by atoms with Crippen molar-refractivity contribution in [1.82, 2.24) is 10.7 Å². The molecule has 0 atom stereocenters. The number of unbranched alkanes of at least 4 members (excludes halogenated alkanes) is 1. The van der Waals surface area contributed by atoms with Gasteiger partial charge in [-0.3, -0.25) is 5.43 Å². The molecule has 4 N–H and O–H groups in total. The number of hydrazone groups is 1. The zero-order chi connectivity index (χ0) is 15.5. The predicted molar refractivity (Wildman–Crippen MR) is 87.2 cm³/mol. The van der Waals surface area contributed by atoms with Crippen LogP contribution in [0.25, 0.3) is 0 Å². The van der Waals surface area contributed by atoms with Crippen molar-refractivity contribution in [2.75, 3.05) is 13.2 Å². The first-order valence-corrected chi connectivity index (χ1v) is 7.12. The average Bonchev–Trinajstić information content (AvgIpc) is 2.48. The molecule has 0 saturated carbocycles. The van der Waals surface area contributed by atoms with Crippen LogP contribution in [0.2, 0.25) is 0 Å². The van der Waals surface area contributed by atoms with E-state index in [0.29, 0.717) is 12.3 Å². The lowest BCUT2D eigenvalue weighted by Gasteiger charge is -2.09. The standard InChI is InChI=1S/C14H20N4O2S/c1-2-3-9-16-14(19)20-10-12(17-18-13(15)21)11-7-5-4-6-8-11/h4-8H,2-3,9-10H2,1H3,(H,16,19)(H3,15,18,21). The Labute approximate surface area is 129 Å². The lowest BCUT2D eigenvalue weighted by molar-refractivity contribution is 0.161. The summed E-state index contributed by atoms with van der Waals surface area (Å²) in [6.45, 7) is 2.67. The molecule has 0 aliphatic carbocycles. The van der Waals surface area contributed by atoms with E-state index in [1.54, 1.807) is 0 Å². The van der Waals surface area contributed by atoms with Gasteiger partial charge in [-0.1, -0.05) is 43.7 Å². The van der Waals surface area contributed by atoms with Crippen molar-refractivity contribution in [3.63, 3.8) is 0 Å². The van der Waals surface area contributed by atoms with Crippen molar-refractivity contribution in [3.05, 3.63) is 35.9 Å². The number of nitrogens with one attached hydrogen (secondary N) is 2. The Morgan fingerprint density at radius 3 is 2.71 bits per heavy atom. The van der Waals surface area contributed by atoms with Crippen molar-refractivity contribution in [2.24, 2.45) is 10.8 Å². The molecule has 7 heteroatoms. The molecule has 0 aliphatic heterocycles. The Hall–Kier alpha value is -2.15. The lowest BCUT2D eigenvalue weighted by Crippen LogP contribution is -2.30. The molecular weight excluding hydrogens is 288 g/mol. The second kappa shape index (κ2) is 9.71. The minimum absolute atomic E-state index is 0.0254. The van der Waals surface area contributed by atoms with Gasteiger partial charge >= 0.3 is 6.09 Å². The first-order chi connectivity index (χ1) is 10.1. The van der Waals surface area contributed by atoms with E-state index in [1.165, 1.54) is 0 Å². The molecule has 0 aromatic heterocycles. The zero-order valence-corrected chi connectivity index (χ0v) is 12.8. The highest BCUT2D eigenvalue weighted by Crippen LogP contribution is 2.02. The number of alkyl carbamates (subject to hydrolysis) is 1. The van der Waals surface area contributed by atoms with Crippen LogP contribution < -0.4 is 16.5 Å². The van der Waals surface area contributed by atoms with Crippen LogP contribution in [0.15, 0.2) is 35.4 Å². The molecule has 0 aliphatic rings. The SMILES string of the molecule is CCCCNC(=O)OCC(=NNC(N)=S)c1ccccc1. The predicted octanol–water partition coefficient (Wildman–Crippen LogP) is 1.75. The highest BCUT2D eigenvalue weighted by molar-refractivity contribution is 7.80. The minimum atomic E-state index is -0.470. The number of carbonyl (C=O) groups excluding carboxylic acids is 1. The van der Waals surface area contributed by atoms with Gasteiger partial charge in [0.15, 0.2) is 5.11 Å². The van der Waals surface area contributed by atoms with Crippen LogP contribution >= 0.6 is 12.2 Å². The Balaban J connectivity index is 2.60. The molecular formula is C14H20N4O2S. The molecule has 0 saturated heterocycles. The third kappa shape index (κ3) is 7.26. The number of ether oxygens (including phenoxy) is 1. The topological polar surface area (TPSA) is 88.7 Å². The summed E-state index contributed by atoms with van der Waals surface area (Å²) in [5.74, 6) is 0. The van der Waals surface area contributed by atoms with Gasteiger partial charge in [0, 0.05) is 12.1 Å². The van der Waals surface area contributed by atoms with Gasteiger partial charge in [-0.25, -0.2) is 4.79 Å². The fourth-order valence-corrected chi connectivity index (χ4v) is 1.53. The summed E-state index contributed by atoms with van der Waals surface area (Å²) < 4.78 is 5.13. The number of hydrogen-bond donors (Lipinski definition) is 3. The summed E-state index contributed by atoms with van der Waals surface area (Å²) in [5, 5.41) is 6.78. The molecule has 1 aromatic rings. The van der Waals surface area contributed by atoms with Crippen LogP contribution in [0.5, 0.6) is 0 Å². The maximum atomic E-state index is 11.5. The van der Waals surface area contributed by atoms with E-state index in [4.69, 9.17) is 22.7 Å². The van der Waals surface area contributed by atoms with E-state index in [2.05, 4.69) is 22.8 Å². The number of benzene rings is 1. The van der Waals surface area contributed by atoms with Gasteiger partial charge in [0.1, 0.15) is 12.3 Å². The molecule has 0 fully saturated rings. The van der Waals surface area contributed by atoms with Crippen LogP contribution in [-0.4, -0.2) is 30.1 Å². The number of rotatable bonds is 7. The van der Waals surface area contributed by atoms with Crippen molar-refractivity contribution in [3.8, 4) is 0 Å². The summed E-state index contributed by atoms with van der Waals surface area (Å²) in [4.78, 5) is 11.5. The monoisotopic (exact) mass is 308 g/mol. The van der Waals surface area contributed by atoms with Crippen LogP contribution in [0.4, 0.5) is 4.79 Å². The molecule has 0 radical (unpaired) electrons. The Morgan fingerprint density at radius 2 is 2.10 bits per heavy atom. The summed E-state index contributed by atoms with van der Waals surface area (Å²) in [5.41, 5.74) is 9.21. The van der Waals surface area contributed by atoms with E-state index in [0.717, 1.165) is 18.4 Å². The van der Waals surface area contributed by atoms with Gasteiger partial charge in [-0.2, -0.15) is 5.10 Å². The van der Waals surface area contributed by atoms with E-state index in [-0.39, 0.29) is 11.7 Å². The smallest absolute Gasteiger partial charge is 0.407 e. The number of hydrogen-bond acceptors (Lipinski definition) is 4. The van der Waals surface area contributed by atoms with Crippen LogP contribution in [0, 0.1) is 0 Å².